The maximum atomic E-state index is 9.36. The Balaban J connectivity index is 0.000000500. The lowest BCUT2D eigenvalue weighted by atomic mass is 9.86. The highest BCUT2D eigenvalue weighted by Crippen LogP contribution is 2.26. The van der Waals surface area contributed by atoms with E-state index in [1.54, 1.807) is 0 Å². The Bertz CT molecular complexity index is 112. The maximum absolute atomic E-state index is 9.36. The minimum atomic E-state index is -0.00694. The quantitative estimate of drug-likeness (QED) is 0.464. The van der Waals surface area contributed by atoms with Crippen LogP contribution in [0.5, 0.6) is 0 Å². The van der Waals surface area contributed by atoms with Crippen molar-refractivity contribution in [2.75, 3.05) is 19.6 Å². The minimum Gasteiger partial charge on any atom is -0.392 e. The zero-order chi connectivity index (χ0) is 6.27. The third-order valence-electron chi connectivity index (χ3n) is 2.62. The van der Waals surface area contributed by atoms with Crippen molar-refractivity contribution in [1.82, 2.24) is 4.90 Å². The van der Waals surface area contributed by atoms with E-state index in [1.165, 1.54) is 25.9 Å². The Morgan fingerprint density at radius 3 is 2.00 bits per heavy atom. The number of aliphatic hydroxyl groups is 1. The summed E-state index contributed by atoms with van der Waals surface area (Å²) >= 11 is 0. The number of fused-ring (bicyclic) bond motifs is 3. The summed E-state index contributed by atoms with van der Waals surface area (Å²) in [4.78, 5) is 2.35. The van der Waals surface area contributed by atoms with Crippen LogP contribution in [0.4, 0.5) is 0 Å². The van der Waals surface area contributed by atoms with Gasteiger partial charge in [-0.25, -0.2) is 0 Å². The standard InChI is InChI=1S/C7H13NO.B/c9-7-5-8-3-1-6(7)2-4-8;/h6-7,9H,1-5H2;/t7-;/m1./s1. The van der Waals surface area contributed by atoms with Gasteiger partial charge in [-0.3, -0.25) is 0 Å². The van der Waals surface area contributed by atoms with Gasteiger partial charge in [-0.1, -0.05) is 0 Å². The average molecular weight is 138 g/mol. The molecule has 0 aromatic rings. The van der Waals surface area contributed by atoms with Gasteiger partial charge in [-0.15, -0.1) is 0 Å². The molecule has 0 spiro atoms. The van der Waals surface area contributed by atoms with Crippen molar-refractivity contribution in [2.45, 2.75) is 18.9 Å². The number of hydrogen-bond donors (Lipinski definition) is 1. The second kappa shape index (κ2) is 2.93. The van der Waals surface area contributed by atoms with E-state index in [4.69, 9.17) is 0 Å². The molecule has 1 atom stereocenters. The van der Waals surface area contributed by atoms with Crippen LogP contribution in [0.3, 0.4) is 0 Å². The van der Waals surface area contributed by atoms with Crippen LogP contribution in [0.2, 0.25) is 0 Å². The fraction of sp³-hybridized carbons (Fsp3) is 1.00. The Labute approximate surface area is 63.8 Å². The Hall–Kier alpha value is -0.0151. The first-order valence-corrected chi connectivity index (χ1v) is 3.76. The molecule has 0 aromatic carbocycles. The number of aliphatic hydroxyl groups excluding tert-OH is 1. The van der Waals surface area contributed by atoms with Crippen LogP contribution in [0, 0.1) is 5.92 Å². The summed E-state index contributed by atoms with van der Waals surface area (Å²) in [6.07, 6.45) is 2.44. The highest BCUT2D eigenvalue weighted by molar-refractivity contribution is 5.75. The molecule has 0 saturated carbocycles. The van der Waals surface area contributed by atoms with Crippen LogP contribution in [-0.2, 0) is 0 Å². The monoisotopic (exact) mass is 138 g/mol. The van der Waals surface area contributed by atoms with Gasteiger partial charge in [0.25, 0.3) is 0 Å². The molecule has 10 heavy (non-hydrogen) atoms. The third kappa shape index (κ3) is 1.20. The molecule has 3 aliphatic heterocycles. The zero-order valence-electron chi connectivity index (χ0n) is 6.16. The van der Waals surface area contributed by atoms with Crippen LogP contribution < -0.4 is 0 Å². The summed E-state index contributed by atoms with van der Waals surface area (Å²) in [5, 5.41) is 9.36. The molecule has 3 fully saturated rings. The van der Waals surface area contributed by atoms with Crippen molar-refractivity contribution in [1.29, 1.82) is 0 Å². The molecule has 3 radical (unpaired) electrons. The summed E-state index contributed by atoms with van der Waals surface area (Å²) < 4.78 is 0. The predicted octanol–water partition coefficient (Wildman–Crippen LogP) is -0.308. The molecule has 3 saturated heterocycles. The van der Waals surface area contributed by atoms with Gasteiger partial charge >= 0.3 is 0 Å². The molecular weight excluding hydrogens is 125 g/mol. The van der Waals surface area contributed by atoms with Crippen LogP contribution >= 0.6 is 0 Å². The smallest absolute Gasteiger partial charge is 0.0696 e. The molecule has 0 unspecified atom stereocenters. The molecule has 3 aliphatic rings. The number of piperidine rings is 3. The Kier molecular flexibility index (Phi) is 2.37. The molecule has 1 N–H and O–H groups in total. The second-order valence-corrected chi connectivity index (χ2v) is 3.21. The molecule has 3 heterocycles. The topological polar surface area (TPSA) is 23.5 Å². The van der Waals surface area contributed by atoms with Crippen LogP contribution in [-0.4, -0.2) is 44.2 Å². The molecule has 0 amide bonds. The van der Waals surface area contributed by atoms with Gasteiger partial charge in [-0.05, 0) is 31.8 Å². The second-order valence-electron chi connectivity index (χ2n) is 3.21. The van der Waals surface area contributed by atoms with Gasteiger partial charge in [0.1, 0.15) is 0 Å². The maximum Gasteiger partial charge on any atom is 0.0696 e. The van der Waals surface area contributed by atoms with Crippen molar-refractivity contribution in [3.8, 4) is 0 Å². The van der Waals surface area contributed by atoms with Crippen LogP contribution in [0.15, 0.2) is 0 Å². The van der Waals surface area contributed by atoms with Crippen LogP contribution in [0.25, 0.3) is 0 Å². The van der Waals surface area contributed by atoms with Gasteiger partial charge in [-0.2, -0.15) is 0 Å². The van der Waals surface area contributed by atoms with Crippen molar-refractivity contribution >= 4 is 8.41 Å². The van der Waals surface area contributed by atoms with E-state index in [0.717, 1.165) is 6.54 Å². The lowest BCUT2D eigenvalue weighted by Gasteiger charge is -2.42. The Morgan fingerprint density at radius 1 is 1.20 bits per heavy atom. The summed E-state index contributed by atoms with van der Waals surface area (Å²) in [5.74, 6) is 0.634. The van der Waals surface area contributed by atoms with Crippen molar-refractivity contribution < 1.29 is 5.11 Å². The highest BCUT2D eigenvalue weighted by atomic mass is 16.3. The lowest BCUT2D eigenvalue weighted by Crippen LogP contribution is -2.50. The Morgan fingerprint density at radius 2 is 1.80 bits per heavy atom. The number of hydrogen-bond acceptors (Lipinski definition) is 2. The first kappa shape index (κ1) is 8.09. The van der Waals surface area contributed by atoms with Gasteiger partial charge in [0, 0.05) is 15.0 Å². The SMILES string of the molecule is O[C@@H]1CN2CCC1CC2.[B]. The van der Waals surface area contributed by atoms with E-state index in [2.05, 4.69) is 4.90 Å². The summed E-state index contributed by atoms with van der Waals surface area (Å²) in [5.41, 5.74) is 0. The van der Waals surface area contributed by atoms with E-state index in [9.17, 15) is 5.11 Å². The van der Waals surface area contributed by atoms with Gasteiger partial charge < -0.3 is 10.0 Å². The first-order valence-electron chi connectivity index (χ1n) is 3.76. The van der Waals surface area contributed by atoms with Crippen molar-refractivity contribution in [3.05, 3.63) is 0 Å². The lowest BCUT2D eigenvalue weighted by molar-refractivity contribution is -0.0227. The van der Waals surface area contributed by atoms with Gasteiger partial charge in [0.05, 0.1) is 6.10 Å². The van der Waals surface area contributed by atoms with E-state index in [-0.39, 0.29) is 14.5 Å². The van der Waals surface area contributed by atoms with Crippen LogP contribution in [0.1, 0.15) is 12.8 Å². The average Bonchev–Trinajstić information content (AvgIpc) is 1.90. The zero-order valence-corrected chi connectivity index (χ0v) is 6.16. The van der Waals surface area contributed by atoms with E-state index < -0.39 is 0 Å². The van der Waals surface area contributed by atoms with E-state index in [1.807, 2.05) is 0 Å². The summed E-state index contributed by atoms with van der Waals surface area (Å²) in [7, 11) is 0. The number of nitrogens with zero attached hydrogens (tertiary/aromatic N) is 1. The minimum absolute atomic E-state index is 0. The largest absolute Gasteiger partial charge is 0.392 e. The fourth-order valence-electron chi connectivity index (χ4n) is 1.93. The number of rotatable bonds is 0. The van der Waals surface area contributed by atoms with Gasteiger partial charge in [0.15, 0.2) is 0 Å². The van der Waals surface area contributed by atoms with E-state index in [0.29, 0.717) is 5.92 Å². The van der Waals surface area contributed by atoms with Gasteiger partial charge in [0.2, 0.25) is 0 Å². The van der Waals surface area contributed by atoms with Crippen molar-refractivity contribution in [2.24, 2.45) is 5.92 Å². The molecule has 0 aliphatic carbocycles. The molecule has 55 valence electrons. The highest BCUT2D eigenvalue weighted by Gasteiger charge is 2.32. The molecule has 3 rings (SSSR count). The fourth-order valence-corrected chi connectivity index (χ4v) is 1.93. The summed E-state index contributed by atoms with van der Waals surface area (Å²) in [6, 6.07) is 0. The molecular formula is C7H13BNO. The predicted molar refractivity (Wildman–Crippen MR) is 40.9 cm³/mol. The van der Waals surface area contributed by atoms with E-state index >= 15 is 0 Å². The normalized spacial score (nSPS) is 44.7. The molecule has 2 nitrogen and oxygen atoms in total. The molecule has 2 bridgehead atoms. The van der Waals surface area contributed by atoms with Crippen molar-refractivity contribution in [3.63, 3.8) is 0 Å². The molecule has 3 heteroatoms. The molecule has 0 aromatic heterocycles. The third-order valence-corrected chi connectivity index (χ3v) is 2.62. The summed E-state index contributed by atoms with van der Waals surface area (Å²) in [6.45, 7) is 3.38. The first-order chi connectivity index (χ1) is 4.36.